The van der Waals surface area contributed by atoms with Crippen molar-refractivity contribution in [3.05, 3.63) is 76.7 Å². The zero-order valence-corrected chi connectivity index (χ0v) is 24.8. The second kappa shape index (κ2) is 12.0. The number of hydrogen-bond donors (Lipinski definition) is 1. The van der Waals surface area contributed by atoms with Gasteiger partial charge in [-0.25, -0.2) is 19.0 Å². The first-order valence-corrected chi connectivity index (χ1v) is 14.4. The Morgan fingerprint density at radius 2 is 1.81 bits per heavy atom. The number of fused-ring (bicyclic) bond motifs is 1. The predicted molar refractivity (Wildman–Crippen MR) is 158 cm³/mol. The number of anilines is 3. The Bertz CT molecular complexity index is 1460. The molecule has 0 saturated carbocycles. The molecule has 1 fully saturated rings. The average molecular weight is 576 g/mol. The Morgan fingerprint density at radius 1 is 1.07 bits per heavy atom. The van der Waals surface area contributed by atoms with Crippen LogP contribution in [0.25, 0.3) is 0 Å². The maximum Gasteiger partial charge on any atom is 0.411 e. The Hall–Kier alpha value is -4.21. The summed E-state index contributed by atoms with van der Waals surface area (Å²) in [6.45, 7) is 10.6. The van der Waals surface area contributed by atoms with Gasteiger partial charge in [0.2, 0.25) is 5.95 Å². The van der Waals surface area contributed by atoms with Crippen molar-refractivity contribution < 1.29 is 23.5 Å². The summed E-state index contributed by atoms with van der Waals surface area (Å²) < 4.78 is 24.8. The van der Waals surface area contributed by atoms with Crippen LogP contribution in [0.1, 0.15) is 69.0 Å². The molecule has 9 nitrogen and oxygen atoms in total. The lowest BCUT2D eigenvalue weighted by atomic mass is 9.93. The lowest BCUT2D eigenvalue weighted by Gasteiger charge is -2.37. The number of carbonyl (C=O) groups is 2. The Balaban J connectivity index is 1.40. The predicted octanol–water partition coefficient (Wildman–Crippen LogP) is 6.23. The first kappa shape index (κ1) is 29.3. The van der Waals surface area contributed by atoms with Crippen LogP contribution in [0.2, 0.25) is 0 Å². The first-order chi connectivity index (χ1) is 20.0. The average Bonchev–Trinajstić information content (AvgIpc) is 3.45. The number of hydrogen-bond acceptors (Lipinski definition) is 8. The summed E-state index contributed by atoms with van der Waals surface area (Å²) >= 11 is 0. The minimum atomic E-state index is -0.711. The van der Waals surface area contributed by atoms with E-state index < -0.39 is 23.7 Å². The first-order valence-electron chi connectivity index (χ1n) is 14.4. The van der Waals surface area contributed by atoms with Gasteiger partial charge in [0.25, 0.3) is 0 Å². The van der Waals surface area contributed by atoms with E-state index in [-0.39, 0.29) is 18.5 Å². The molecule has 2 aromatic carbocycles. The number of benzene rings is 2. The molecule has 1 aromatic heterocycles. The van der Waals surface area contributed by atoms with Crippen LogP contribution in [0.4, 0.5) is 26.6 Å². The van der Waals surface area contributed by atoms with Gasteiger partial charge in [0.05, 0.1) is 11.7 Å². The van der Waals surface area contributed by atoms with Crippen LogP contribution in [-0.2, 0) is 27.3 Å². The second-order valence-electron chi connectivity index (χ2n) is 11.8. The fraction of sp³-hybridized carbons (Fsp3) is 0.438. The zero-order valence-electron chi connectivity index (χ0n) is 24.8. The fourth-order valence-electron chi connectivity index (χ4n) is 5.54. The summed E-state index contributed by atoms with van der Waals surface area (Å²) in [5.74, 6) is 0.215. The van der Waals surface area contributed by atoms with Gasteiger partial charge in [-0.15, -0.1) is 0 Å². The number of carbonyl (C=O) groups excluding carboxylic acids is 2. The van der Waals surface area contributed by atoms with Gasteiger partial charge in [-0.1, -0.05) is 24.3 Å². The highest BCUT2D eigenvalue weighted by Crippen LogP contribution is 2.35. The second-order valence-corrected chi connectivity index (χ2v) is 11.8. The van der Waals surface area contributed by atoms with Gasteiger partial charge in [0.1, 0.15) is 29.9 Å². The van der Waals surface area contributed by atoms with Crippen molar-refractivity contribution in [1.82, 2.24) is 14.9 Å². The highest BCUT2D eigenvalue weighted by molar-refractivity contribution is 5.82. The molecule has 0 bridgehead atoms. The maximum atomic E-state index is 13.5. The van der Waals surface area contributed by atoms with Crippen molar-refractivity contribution in [1.29, 1.82) is 0 Å². The van der Waals surface area contributed by atoms with Crippen molar-refractivity contribution in [2.75, 3.05) is 23.3 Å². The van der Waals surface area contributed by atoms with Crippen LogP contribution in [-0.4, -0.2) is 51.7 Å². The fourth-order valence-corrected chi connectivity index (χ4v) is 5.54. The van der Waals surface area contributed by atoms with Gasteiger partial charge in [-0.05, 0) is 89.3 Å². The minimum Gasteiger partial charge on any atom is -0.458 e. The highest BCUT2D eigenvalue weighted by atomic mass is 19.1. The molecule has 1 N–H and O–H groups in total. The number of likely N-dealkylation sites (tertiary alicyclic amines) is 1. The molecule has 3 aromatic rings. The van der Waals surface area contributed by atoms with E-state index in [1.165, 1.54) is 28.2 Å². The molecule has 1 unspecified atom stereocenters. The third-order valence-electron chi connectivity index (χ3n) is 7.69. The normalized spacial score (nSPS) is 18.4. The molecule has 222 valence electrons. The summed E-state index contributed by atoms with van der Waals surface area (Å²) in [5, 5.41) is 3.17. The molecule has 2 aliphatic heterocycles. The molecule has 2 aliphatic rings. The third kappa shape index (κ3) is 6.48. The van der Waals surface area contributed by atoms with Gasteiger partial charge >= 0.3 is 12.1 Å². The Labute approximate surface area is 246 Å². The van der Waals surface area contributed by atoms with Crippen molar-refractivity contribution in [3.63, 3.8) is 0 Å². The van der Waals surface area contributed by atoms with Crippen LogP contribution < -0.4 is 10.2 Å². The molecule has 10 heteroatoms. The molecule has 0 aliphatic carbocycles. The molecule has 42 heavy (non-hydrogen) atoms. The van der Waals surface area contributed by atoms with E-state index >= 15 is 0 Å². The number of amides is 1. The molecular formula is C32H38FN5O4. The zero-order chi connectivity index (χ0) is 30.0. The molecule has 5 rings (SSSR count). The van der Waals surface area contributed by atoms with Crippen molar-refractivity contribution >= 4 is 29.5 Å². The SMILES string of the molecule is Cc1c(COC(=O)[C@@H]2CCCN2C(=O)OC(C)(C)C)nc(Nc2ccc(F)cc2)nc1N1CCc2ccccc2C1C. The summed E-state index contributed by atoms with van der Waals surface area (Å²) in [5.41, 5.74) is 3.87. The lowest BCUT2D eigenvalue weighted by molar-refractivity contribution is -0.150. The lowest BCUT2D eigenvalue weighted by Crippen LogP contribution is -2.44. The highest BCUT2D eigenvalue weighted by Gasteiger charge is 2.38. The Kier molecular flexibility index (Phi) is 8.34. The van der Waals surface area contributed by atoms with E-state index in [9.17, 15) is 14.0 Å². The van der Waals surface area contributed by atoms with Crippen LogP contribution in [0.5, 0.6) is 0 Å². The van der Waals surface area contributed by atoms with E-state index in [2.05, 4.69) is 35.3 Å². The monoisotopic (exact) mass is 575 g/mol. The van der Waals surface area contributed by atoms with Gasteiger partial charge < -0.3 is 19.7 Å². The smallest absolute Gasteiger partial charge is 0.411 e. The molecule has 3 heterocycles. The number of ether oxygens (including phenoxy) is 2. The Morgan fingerprint density at radius 3 is 2.55 bits per heavy atom. The molecule has 2 atom stereocenters. The molecule has 1 saturated heterocycles. The van der Waals surface area contributed by atoms with Gasteiger partial charge in [0.15, 0.2) is 0 Å². The summed E-state index contributed by atoms with van der Waals surface area (Å²) in [7, 11) is 0. The molecule has 0 spiro atoms. The summed E-state index contributed by atoms with van der Waals surface area (Å²) in [6, 6.07) is 13.7. The van der Waals surface area contributed by atoms with Crippen LogP contribution >= 0.6 is 0 Å². The van der Waals surface area contributed by atoms with Crippen LogP contribution in [0, 0.1) is 12.7 Å². The quantitative estimate of drug-likeness (QED) is 0.346. The van der Waals surface area contributed by atoms with E-state index in [1.807, 2.05) is 13.0 Å². The largest absolute Gasteiger partial charge is 0.458 e. The van der Waals surface area contributed by atoms with Crippen LogP contribution in [0.3, 0.4) is 0 Å². The van der Waals surface area contributed by atoms with Crippen LogP contribution in [0.15, 0.2) is 48.5 Å². The van der Waals surface area contributed by atoms with Gasteiger partial charge in [-0.3, -0.25) is 4.90 Å². The number of nitrogens with one attached hydrogen (secondary N) is 1. The van der Waals surface area contributed by atoms with Crippen molar-refractivity contribution in [3.8, 4) is 0 Å². The van der Waals surface area contributed by atoms with Gasteiger partial charge in [0, 0.05) is 24.3 Å². The van der Waals surface area contributed by atoms with E-state index in [1.54, 1.807) is 32.9 Å². The third-order valence-corrected chi connectivity index (χ3v) is 7.69. The van der Waals surface area contributed by atoms with E-state index in [0.717, 1.165) is 24.3 Å². The number of halogens is 1. The number of aromatic nitrogens is 2. The van der Waals surface area contributed by atoms with Crippen molar-refractivity contribution in [2.24, 2.45) is 0 Å². The molecule has 1 amide bonds. The number of rotatable bonds is 6. The summed E-state index contributed by atoms with van der Waals surface area (Å²) in [6.07, 6.45) is 1.55. The topological polar surface area (TPSA) is 96.9 Å². The van der Waals surface area contributed by atoms with E-state index in [0.29, 0.717) is 36.7 Å². The minimum absolute atomic E-state index is 0.0681. The number of nitrogens with zero attached hydrogens (tertiary/aromatic N) is 4. The summed E-state index contributed by atoms with van der Waals surface area (Å²) in [4.78, 5) is 39.2. The molecular weight excluding hydrogens is 537 g/mol. The van der Waals surface area contributed by atoms with E-state index in [4.69, 9.17) is 19.4 Å². The maximum absolute atomic E-state index is 13.5. The van der Waals surface area contributed by atoms with Crippen molar-refractivity contribution in [2.45, 2.75) is 78.2 Å². The molecule has 0 radical (unpaired) electrons. The van der Waals surface area contributed by atoms with Gasteiger partial charge in [-0.2, -0.15) is 4.98 Å². The number of esters is 1. The standard InChI is InChI=1S/C32H38FN5O4/c1-20-26(19-41-29(39)27-11-8-17-38(27)31(40)42-32(3,4)5)35-30(34-24-14-12-23(33)13-15-24)36-28(20)37-18-16-22-9-6-7-10-25(22)21(37)2/h6-7,9-10,12-15,21,27H,8,11,16-19H2,1-5H3,(H,34,35,36)/t21?,27-/m0/s1.